The van der Waals surface area contributed by atoms with E-state index >= 15 is 0 Å². The van der Waals surface area contributed by atoms with Crippen LogP contribution in [-0.2, 0) is 11.4 Å². The van der Waals surface area contributed by atoms with Crippen molar-refractivity contribution in [2.24, 2.45) is 0 Å². The Bertz CT molecular complexity index is 1400. The summed E-state index contributed by atoms with van der Waals surface area (Å²) in [5.41, 5.74) is 1.23. The van der Waals surface area contributed by atoms with Gasteiger partial charge in [0.2, 0.25) is 0 Å². The SMILES string of the molecule is CCOc1cc(/C=C2/SC(=S)N(c3cccc([N+](=O)[O-])c3)C2=O)cc(Br)c1OCc1ccccc1F. The number of non-ortho nitro benzene ring substituents is 1. The first-order valence-corrected chi connectivity index (χ1v) is 12.6. The molecule has 7 nitrogen and oxygen atoms in total. The zero-order valence-electron chi connectivity index (χ0n) is 18.8. The summed E-state index contributed by atoms with van der Waals surface area (Å²) >= 11 is 9.96. The Morgan fingerprint density at radius 2 is 1.94 bits per heavy atom. The molecule has 0 N–H and O–H groups in total. The molecule has 0 bridgehead atoms. The van der Waals surface area contributed by atoms with Gasteiger partial charge in [-0.25, -0.2) is 4.39 Å². The number of nitrogens with zero attached hydrogens (tertiary/aromatic N) is 2. The van der Waals surface area contributed by atoms with Gasteiger partial charge in [-0.15, -0.1) is 0 Å². The van der Waals surface area contributed by atoms with Crippen LogP contribution in [0.1, 0.15) is 18.1 Å². The van der Waals surface area contributed by atoms with Crippen molar-refractivity contribution in [2.45, 2.75) is 13.5 Å². The van der Waals surface area contributed by atoms with E-state index in [9.17, 15) is 19.3 Å². The van der Waals surface area contributed by atoms with Crippen molar-refractivity contribution in [1.82, 2.24) is 0 Å². The topological polar surface area (TPSA) is 81.9 Å². The van der Waals surface area contributed by atoms with Crippen LogP contribution in [0.4, 0.5) is 15.8 Å². The van der Waals surface area contributed by atoms with Crippen molar-refractivity contribution in [2.75, 3.05) is 11.5 Å². The van der Waals surface area contributed by atoms with Gasteiger partial charge in [0.15, 0.2) is 15.8 Å². The molecule has 0 unspecified atom stereocenters. The Morgan fingerprint density at radius 3 is 2.67 bits per heavy atom. The number of thioether (sulfide) groups is 1. The summed E-state index contributed by atoms with van der Waals surface area (Å²) in [6, 6.07) is 15.5. The highest BCUT2D eigenvalue weighted by atomic mass is 79.9. The maximum Gasteiger partial charge on any atom is 0.271 e. The van der Waals surface area contributed by atoms with E-state index in [0.29, 0.717) is 44.3 Å². The second-order valence-electron chi connectivity index (χ2n) is 7.44. The fourth-order valence-corrected chi connectivity index (χ4v) is 5.30. The lowest BCUT2D eigenvalue weighted by Gasteiger charge is -2.15. The maximum atomic E-state index is 14.0. The minimum absolute atomic E-state index is 0.00651. The fourth-order valence-electron chi connectivity index (χ4n) is 3.43. The molecule has 1 heterocycles. The molecule has 1 fully saturated rings. The van der Waals surface area contributed by atoms with E-state index in [-0.39, 0.29) is 28.3 Å². The highest BCUT2D eigenvalue weighted by molar-refractivity contribution is 9.10. The number of amides is 1. The Labute approximate surface area is 224 Å². The van der Waals surface area contributed by atoms with Crippen molar-refractivity contribution < 1.29 is 23.6 Å². The van der Waals surface area contributed by atoms with Gasteiger partial charge in [-0.1, -0.05) is 48.2 Å². The molecular weight excluding hydrogens is 571 g/mol. The Kier molecular flexibility index (Phi) is 8.02. The van der Waals surface area contributed by atoms with E-state index in [0.717, 1.165) is 11.8 Å². The predicted octanol–water partition coefficient (Wildman–Crippen LogP) is 6.88. The number of anilines is 1. The third kappa shape index (κ3) is 5.58. The number of halogens is 2. The van der Waals surface area contributed by atoms with E-state index in [2.05, 4.69) is 15.9 Å². The summed E-state index contributed by atoms with van der Waals surface area (Å²) in [5, 5.41) is 11.1. The zero-order valence-corrected chi connectivity index (χ0v) is 22.0. The zero-order chi connectivity index (χ0) is 25.8. The number of carbonyl (C=O) groups is 1. The fraction of sp³-hybridized carbons (Fsp3) is 0.120. The highest BCUT2D eigenvalue weighted by Crippen LogP contribution is 2.41. The normalized spacial score (nSPS) is 14.4. The molecule has 0 radical (unpaired) electrons. The number of benzene rings is 3. The number of rotatable bonds is 8. The first-order valence-electron chi connectivity index (χ1n) is 10.6. The van der Waals surface area contributed by atoms with Crippen LogP contribution in [0, 0.1) is 15.9 Å². The van der Waals surface area contributed by atoms with Gasteiger partial charge in [-0.2, -0.15) is 0 Å². The van der Waals surface area contributed by atoms with Gasteiger partial charge in [0.05, 0.1) is 26.6 Å². The Hall–Kier alpha value is -3.28. The molecule has 1 saturated heterocycles. The average molecular weight is 589 g/mol. The first-order chi connectivity index (χ1) is 17.3. The van der Waals surface area contributed by atoms with Crippen LogP contribution in [0.3, 0.4) is 0 Å². The van der Waals surface area contributed by atoms with Gasteiger partial charge in [-0.3, -0.25) is 19.8 Å². The number of thiocarbonyl (C=S) groups is 1. The monoisotopic (exact) mass is 588 g/mol. The highest BCUT2D eigenvalue weighted by Gasteiger charge is 2.34. The molecule has 3 aromatic carbocycles. The number of nitro groups is 1. The summed E-state index contributed by atoms with van der Waals surface area (Å²) < 4.78 is 26.4. The van der Waals surface area contributed by atoms with Crippen molar-refractivity contribution in [3.8, 4) is 11.5 Å². The molecule has 0 atom stereocenters. The van der Waals surface area contributed by atoms with Gasteiger partial charge in [0.25, 0.3) is 11.6 Å². The first kappa shape index (κ1) is 25.8. The molecule has 1 amide bonds. The van der Waals surface area contributed by atoms with E-state index in [1.165, 1.54) is 29.2 Å². The lowest BCUT2D eigenvalue weighted by atomic mass is 10.1. The lowest BCUT2D eigenvalue weighted by molar-refractivity contribution is -0.384. The quantitative estimate of drug-likeness (QED) is 0.123. The number of nitro benzene ring substituents is 1. The molecule has 1 aliphatic rings. The lowest BCUT2D eigenvalue weighted by Crippen LogP contribution is -2.27. The van der Waals surface area contributed by atoms with Crippen LogP contribution in [0.5, 0.6) is 11.5 Å². The standard InChI is InChI=1S/C25H18BrFN2O5S2/c1-2-33-21-11-15(10-19(26)23(21)34-14-16-6-3-4-9-20(16)27)12-22-24(30)28(25(35)36-22)17-7-5-8-18(13-17)29(31)32/h3-13H,2,14H2,1H3/b22-12+. The molecule has 184 valence electrons. The number of hydrogen-bond donors (Lipinski definition) is 0. The molecule has 36 heavy (non-hydrogen) atoms. The molecule has 0 spiro atoms. The van der Waals surface area contributed by atoms with E-state index < -0.39 is 4.92 Å². The smallest absolute Gasteiger partial charge is 0.271 e. The second-order valence-corrected chi connectivity index (χ2v) is 9.97. The van der Waals surface area contributed by atoms with E-state index in [1.54, 1.807) is 42.5 Å². The van der Waals surface area contributed by atoms with Gasteiger partial charge < -0.3 is 9.47 Å². The Balaban J connectivity index is 1.61. The van der Waals surface area contributed by atoms with Crippen LogP contribution in [0.15, 0.2) is 70.0 Å². The van der Waals surface area contributed by atoms with Crippen molar-refractivity contribution in [1.29, 1.82) is 0 Å². The minimum atomic E-state index is -0.528. The number of carbonyl (C=O) groups excluding carboxylic acids is 1. The summed E-state index contributed by atoms with van der Waals surface area (Å²) in [5.74, 6) is 0.0680. The predicted molar refractivity (Wildman–Crippen MR) is 145 cm³/mol. The average Bonchev–Trinajstić information content (AvgIpc) is 3.12. The molecule has 11 heteroatoms. The molecule has 0 aromatic heterocycles. The van der Waals surface area contributed by atoms with Gasteiger partial charge >= 0.3 is 0 Å². The van der Waals surface area contributed by atoms with Crippen molar-refractivity contribution >= 4 is 67.6 Å². The number of hydrogen-bond acceptors (Lipinski definition) is 7. The molecular formula is C25H18BrFN2O5S2. The molecule has 1 aliphatic heterocycles. The molecule has 0 aliphatic carbocycles. The molecule has 3 aromatic rings. The summed E-state index contributed by atoms with van der Waals surface area (Å²) in [6.07, 6.45) is 1.66. The van der Waals surface area contributed by atoms with Crippen molar-refractivity contribution in [3.05, 3.63) is 97.1 Å². The van der Waals surface area contributed by atoms with Gasteiger partial charge in [-0.05, 0) is 58.8 Å². The van der Waals surface area contributed by atoms with Gasteiger partial charge in [0, 0.05) is 17.7 Å². The van der Waals surface area contributed by atoms with E-state index in [4.69, 9.17) is 21.7 Å². The third-order valence-corrected chi connectivity index (χ3v) is 6.94. The van der Waals surface area contributed by atoms with Crippen LogP contribution >= 0.6 is 39.9 Å². The van der Waals surface area contributed by atoms with Gasteiger partial charge in [0.1, 0.15) is 12.4 Å². The van der Waals surface area contributed by atoms with Crippen LogP contribution in [0.2, 0.25) is 0 Å². The number of ether oxygens (including phenoxy) is 2. The molecule has 0 saturated carbocycles. The second kappa shape index (κ2) is 11.2. The summed E-state index contributed by atoms with van der Waals surface area (Å²) in [4.78, 5) is 25.4. The van der Waals surface area contributed by atoms with Crippen LogP contribution < -0.4 is 14.4 Å². The maximum absolute atomic E-state index is 14.0. The molecule has 4 rings (SSSR count). The Morgan fingerprint density at radius 1 is 1.17 bits per heavy atom. The largest absolute Gasteiger partial charge is 0.490 e. The van der Waals surface area contributed by atoms with E-state index in [1.807, 2.05) is 6.92 Å². The minimum Gasteiger partial charge on any atom is -0.490 e. The third-order valence-electron chi connectivity index (χ3n) is 5.05. The van der Waals surface area contributed by atoms with Crippen molar-refractivity contribution in [3.63, 3.8) is 0 Å². The van der Waals surface area contributed by atoms with Crippen LogP contribution in [0.25, 0.3) is 6.08 Å². The summed E-state index contributed by atoms with van der Waals surface area (Å²) in [7, 11) is 0. The summed E-state index contributed by atoms with van der Waals surface area (Å²) in [6.45, 7) is 2.19. The van der Waals surface area contributed by atoms with Crippen LogP contribution in [-0.4, -0.2) is 21.8 Å².